The SMILES string of the molecule is CC(C)C(NC(=O)c1ccc(Cl)c(Cl)c1)C(=O)N/N=C\C=C\c1ccccc1. The van der Waals surface area contributed by atoms with Crippen molar-refractivity contribution in [2.75, 3.05) is 0 Å². The van der Waals surface area contributed by atoms with Crippen LogP contribution in [0.4, 0.5) is 0 Å². The van der Waals surface area contributed by atoms with Gasteiger partial charge in [0.2, 0.25) is 0 Å². The minimum absolute atomic E-state index is 0.137. The standard InChI is InChI=1S/C21H21Cl2N3O2/c1-14(2)19(25-20(27)16-10-11-17(22)18(23)13-16)21(28)26-24-12-6-9-15-7-4-3-5-8-15/h3-14,19H,1-2H3,(H,25,27)(H,26,28)/b9-6+,24-12-. The first-order valence-electron chi connectivity index (χ1n) is 8.69. The Hall–Kier alpha value is -2.63. The number of nitrogens with one attached hydrogen (secondary N) is 2. The molecule has 0 aliphatic rings. The van der Waals surface area contributed by atoms with E-state index in [2.05, 4.69) is 15.8 Å². The van der Waals surface area contributed by atoms with Gasteiger partial charge < -0.3 is 5.32 Å². The van der Waals surface area contributed by atoms with Gasteiger partial charge >= 0.3 is 0 Å². The predicted molar refractivity (Wildman–Crippen MR) is 115 cm³/mol. The average molecular weight is 418 g/mol. The lowest BCUT2D eigenvalue weighted by molar-refractivity contribution is -0.123. The number of halogens is 2. The molecular formula is C21H21Cl2N3O2. The quantitative estimate of drug-likeness (QED) is 0.511. The zero-order valence-corrected chi connectivity index (χ0v) is 17.0. The summed E-state index contributed by atoms with van der Waals surface area (Å²) in [7, 11) is 0. The van der Waals surface area contributed by atoms with Gasteiger partial charge in [0.25, 0.3) is 11.8 Å². The third-order valence-electron chi connectivity index (χ3n) is 3.84. The zero-order chi connectivity index (χ0) is 20.5. The first-order valence-corrected chi connectivity index (χ1v) is 9.44. The van der Waals surface area contributed by atoms with Crippen molar-refractivity contribution in [1.29, 1.82) is 0 Å². The molecule has 0 spiro atoms. The number of allylic oxidation sites excluding steroid dienone is 1. The van der Waals surface area contributed by atoms with E-state index in [1.165, 1.54) is 18.3 Å². The molecule has 0 aliphatic carbocycles. The van der Waals surface area contributed by atoms with E-state index in [1.54, 1.807) is 12.1 Å². The highest BCUT2D eigenvalue weighted by Crippen LogP contribution is 2.22. The molecule has 0 fully saturated rings. The second-order valence-electron chi connectivity index (χ2n) is 6.35. The van der Waals surface area contributed by atoms with Crippen molar-refractivity contribution in [3.05, 3.63) is 75.8 Å². The molecule has 2 aromatic rings. The number of hydrazone groups is 1. The third kappa shape index (κ3) is 6.51. The monoisotopic (exact) mass is 417 g/mol. The minimum Gasteiger partial charge on any atom is -0.340 e. The first kappa shape index (κ1) is 21.7. The lowest BCUT2D eigenvalue weighted by Gasteiger charge is -2.20. The van der Waals surface area contributed by atoms with Crippen LogP contribution in [0.15, 0.2) is 59.7 Å². The molecular weight excluding hydrogens is 397 g/mol. The third-order valence-corrected chi connectivity index (χ3v) is 4.58. The summed E-state index contributed by atoms with van der Waals surface area (Å²) in [5.74, 6) is -0.963. The number of nitrogens with zero attached hydrogens (tertiary/aromatic N) is 1. The van der Waals surface area contributed by atoms with Gasteiger partial charge in [-0.2, -0.15) is 5.10 Å². The van der Waals surface area contributed by atoms with Crippen LogP contribution in [0.1, 0.15) is 29.8 Å². The Morgan fingerprint density at radius 1 is 1.04 bits per heavy atom. The maximum Gasteiger partial charge on any atom is 0.262 e. The summed E-state index contributed by atoms with van der Waals surface area (Å²) < 4.78 is 0. The molecule has 0 heterocycles. The van der Waals surface area contributed by atoms with Crippen molar-refractivity contribution < 1.29 is 9.59 Å². The molecule has 2 N–H and O–H groups in total. The van der Waals surface area contributed by atoms with Crippen LogP contribution < -0.4 is 10.7 Å². The fraction of sp³-hybridized carbons (Fsp3) is 0.190. The fourth-order valence-corrected chi connectivity index (χ4v) is 2.63. The lowest BCUT2D eigenvalue weighted by Crippen LogP contribution is -2.48. The lowest BCUT2D eigenvalue weighted by atomic mass is 10.0. The minimum atomic E-state index is -0.753. The molecule has 0 saturated heterocycles. The highest BCUT2D eigenvalue weighted by atomic mass is 35.5. The van der Waals surface area contributed by atoms with Crippen LogP contribution in [0.5, 0.6) is 0 Å². The van der Waals surface area contributed by atoms with Crippen LogP contribution >= 0.6 is 23.2 Å². The van der Waals surface area contributed by atoms with Crippen molar-refractivity contribution in [3.8, 4) is 0 Å². The predicted octanol–water partition coefficient (Wildman–Crippen LogP) is 4.56. The number of amides is 2. The average Bonchev–Trinajstić information content (AvgIpc) is 2.68. The van der Waals surface area contributed by atoms with Crippen molar-refractivity contribution in [2.24, 2.45) is 11.0 Å². The van der Waals surface area contributed by atoms with Crippen LogP contribution in [-0.2, 0) is 4.79 Å². The van der Waals surface area contributed by atoms with Crippen LogP contribution in [0.2, 0.25) is 10.0 Å². The molecule has 0 bridgehead atoms. The van der Waals surface area contributed by atoms with Crippen molar-refractivity contribution in [3.63, 3.8) is 0 Å². The van der Waals surface area contributed by atoms with Gasteiger partial charge in [0.05, 0.1) is 10.0 Å². The summed E-state index contributed by atoms with van der Waals surface area (Å²) in [6, 6.07) is 13.5. The number of carbonyl (C=O) groups excluding carboxylic acids is 2. The molecule has 28 heavy (non-hydrogen) atoms. The molecule has 2 rings (SSSR count). The number of carbonyl (C=O) groups is 2. The van der Waals surface area contributed by atoms with Gasteiger partial charge in [0, 0.05) is 11.8 Å². The maximum absolute atomic E-state index is 12.4. The molecule has 7 heteroatoms. The van der Waals surface area contributed by atoms with E-state index in [0.29, 0.717) is 10.6 Å². The molecule has 1 atom stereocenters. The molecule has 146 valence electrons. The first-order chi connectivity index (χ1) is 13.4. The molecule has 5 nitrogen and oxygen atoms in total. The zero-order valence-electron chi connectivity index (χ0n) is 15.5. The molecule has 1 unspecified atom stereocenters. The molecule has 0 radical (unpaired) electrons. The fourth-order valence-electron chi connectivity index (χ4n) is 2.33. The van der Waals surface area contributed by atoms with Gasteiger partial charge in [-0.3, -0.25) is 9.59 Å². The van der Waals surface area contributed by atoms with E-state index >= 15 is 0 Å². The maximum atomic E-state index is 12.4. The highest BCUT2D eigenvalue weighted by molar-refractivity contribution is 6.42. The van der Waals surface area contributed by atoms with Crippen molar-refractivity contribution >= 4 is 47.3 Å². The largest absolute Gasteiger partial charge is 0.340 e. The highest BCUT2D eigenvalue weighted by Gasteiger charge is 2.24. The Kier molecular flexibility index (Phi) is 8.23. The Morgan fingerprint density at radius 2 is 1.75 bits per heavy atom. The summed E-state index contributed by atoms with van der Waals surface area (Å²) in [4.78, 5) is 24.8. The molecule has 0 aromatic heterocycles. The number of hydrogen-bond acceptors (Lipinski definition) is 3. The van der Waals surface area contributed by atoms with E-state index in [-0.39, 0.29) is 10.9 Å². The van der Waals surface area contributed by atoms with Crippen LogP contribution in [0.3, 0.4) is 0 Å². The topological polar surface area (TPSA) is 70.6 Å². The second-order valence-corrected chi connectivity index (χ2v) is 7.16. The molecule has 0 aliphatic heterocycles. The normalized spacial score (nSPS) is 12.5. The van der Waals surface area contributed by atoms with Gasteiger partial charge in [-0.1, -0.05) is 73.5 Å². The van der Waals surface area contributed by atoms with Gasteiger partial charge in [0.1, 0.15) is 6.04 Å². The van der Waals surface area contributed by atoms with Crippen LogP contribution in [0, 0.1) is 5.92 Å². The summed E-state index contributed by atoms with van der Waals surface area (Å²) >= 11 is 11.8. The summed E-state index contributed by atoms with van der Waals surface area (Å²) in [5, 5.41) is 7.22. The van der Waals surface area contributed by atoms with E-state index in [1.807, 2.05) is 50.3 Å². The van der Waals surface area contributed by atoms with Gasteiger partial charge in [-0.15, -0.1) is 0 Å². The number of rotatable bonds is 7. The Balaban J connectivity index is 1.95. The van der Waals surface area contributed by atoms with Gasteiger partial charge in [0.15, 0.2) is 0 Å². The molecule has 2 amide bonds. The summed E-state index contributed by atoms with van der Waals surface area (Å²) in [6.45, 7) is 3.66. The van der Waals surface area contributed by atoms with E-state index < -0.39 is 17.9 Å². The molecule has 2 aromatic carbocycles. The van der Waals surface area contributed by atoms with Gasteiger partial charge in [-0.25, -0.2) is 5.43 Å². The smallest absolute Gasteiger partial charge is 0.262 e. The van der Waals surface area contributed by atoms with Crippen molar-refractivity contribution in [1.82, 2.24) is 10.7 Å². The Morgan fingerprint density at radius 3 is 2.39 bits per heavy atom. The molecule has 0 saturated carbocycles. The van der Waals surface area contributed by atoms with Crippen LogP contribution in [-0.4, -0.2) is 24.1 Å². The van der Waals surface area contributed by atoms with E-state index in [0.717, 1.165) is 5.56 Å². The Bertz CT molecular complexity index is 880. The van der Waals surface area contributed by atoms with Gasteiger partial charge in [-0.05, 0) is 35.8 Å². The second kappa shape index (κ2) is 10.6. The number of benzene rings is 2. The number of hydrogen-bond donors (Lipinski definition) is 2. The van der Waals surface area contributed by atoms with E-state index in [4.69, 9.17) is 23.2 Å². The van der Waals surface area contributed by atoms with E-state index in [9.17, 15) is 9.59 Å². The van der Waals surface area contributed by atoms with Crippen molar-refractivity contribution in [2.45, 2.75) is 19.9 Å². The summed E-state index contributed by atoms with van der Waals surface area (Å²) in [6.07, 6.45) is 5.05. The Labute approximate surface area is 174 Å². The summed E-state index contributed by atoms with van der Waals surface area (Å²) in [5.41, 5.74) is 3.79. The van der Waals surface area contributed by atoms with Crippen LogP contribution in [0.25, 0.3) is 6.08 Å².